The van der Waals surface area contributed by atoms with Gasteiger partial charge in [0.1, 0.15) is 17.8 Å². The summed E-state index contributed by atoms with van der Waals surface area (Å²) >= 11 is 0. The lowest BCUT2D eigenvalue weighted by atomic mass is 9.44. The lowest BCUT2D eigenvalue weighted by Crippen LogP contribution is -2.81. The molecule has 0 amide bonds. The fraction of sp³-hybridized carbons (Fsp3) is 0.625. The molecule has 2 unspecified atom stereocenters. The van der Waals surface area contributed by atoms with Crippen LogP contribution in [0.1, 0.15) is 71.7 Å². The van der Waals surface area contributed by atoms with Crippen molar-refractivity contribution in [2.75, 3.05) is 6.61 Å². The summed E-state index contributed by atoms with van der Waals surface area (Å²) in [6, 6.07) is 8.38. The Morgan fingerprint density at radius 3 is 2.23 bits per heavy atom. The largest absolute Gasteiger partial charge is 0.455 e. The molecule has 0 aromatic heterocycles. The molecule has 10 atom stereocenters. The third-order valence-electron chi connectivity index (χ3n) is 10.7. The quantitative estimate of drug-likeness (QED) is 0.226. The number of hydrogen-bond donors (Lipinski definition) is 1. The van der Waals surface area contributed by atoms with Gasteiger partial charge in [-0.15, -0.1) is 0 Å². The molecule has 1 aliphatic heterocycles. The van der Waals surface area contributed by atoms with Crippen LogP contribution in [0.4, 0.5) is 0 Å². The Balaban J connectivity index is 1.86. The number of aliphatic hydroxyl groups is 1. The van der Waals surface area contributed by atoms with Gasteiger partial charge in [-0.1, -0.05) is 44.5 Å². The molecule has 4 aliphatic rings. The Morgan fingerprint density at radius 2 is 1.70 bits per heavy atom. The summed E-state index contributed by atoms with van der Waals surface area (Å²) in [7, 11) is 2.20. The minimum Gasteiger partial charge on any atom is -0.455 e. The molecule has 1 aromatic rings. The van der Waals surface area contributed by atoms with Gasteiger partial charge >= 0.3 is 17.9 Å². The van der Waals surface area contributed by atoms with Crippen molar-refractivity contribution in [1.82, 2.24) is 0 Å². The van der Waals surface area contributed by atoms with Gasteiger partial charge < -0.3 is 28.6 Å². The van der Waals surface area contributed by atoms with Crippen LogP contribution in [-0.4, -0.2) is 71.0 Å². The maximum absolute atomic E-state index is 15.1. The molecule has 2 bridgehead atoms. The van der Waals surface area contributed by atoms with Crippen LogP contribution in [0.2, 0.25) is 0 Å². The molecule has 3 aliphatic carbocycles. The van der Waals surface area contributed by atoms with Crippen LogP contribution < -0.4 is 0 Å². The van der Waals surface area contributed by atoms with Crippen LogP contribution in [0, 0.1) is 22.7 Å². The second-order valence-electron chi connectivity index (χ2n) is 13.3. The van der Waals surface area contributed by atoms with E-state index < -0.39 is 76.1 Å². The molecular weight excluding hydrogens is 575 g/mol. The Hall–Kier alpha value is -2.65. The maximum Gasteiger partial charge on any atom is 0.338 e. The number of Topliss-reactive ketones (excluding diaryl/α,β-unsaturated/α-hetero) is 1. The number of ketones is 1. The van der Waals surface area contributed by atoms with E-state index >= 15 is 4.79 Å². The highest BCUT2D eigenvalue weighted by Crippen LogP contribution is 2.65. The fourth-order valence-corrected chi connectivity index (χ4v) is 8.73. The van der Waals surface area contributed by atoms with Crippen LogP contribution in [-0.2, 0) is 37.9 Å². The third kappa shape index (κ3) is 4.51. The SMILES string of the molecule is CC(=O)O[C@H]1C(=O)[C@@]2(C)C([C@H](OC(=O)c3ccccc3)[C@]3(O)C[C@H](C)C(C)=C1C3(C)C)[C@]1(OC(C)=O)CO[C@@H]1C[C@@H]2OP. The average Bonchev–Trinajstić information content (AvgIpc) is 2.92. The van der Waals surface area contributed by atoms with Crippen molar-refractivity contribution in [3.8, 4) is 0 Å². The molecule has 1 saturated heterocycles. The highest BCUT2D eigenvalue weighted by atomic mass is 31.0. The van der Waals surface area contributed by atoms with E-state index in [0.29, 0.717) is 5.57 Å². The van der Waals surface area contributed by atoms with E-state index in [-0.39, 0.29) is 30.9 Å². The lowest BCUT2D eigenvalue weighted by molar-refractivity contribution is -0.343. The molecule has 43 heavy (non-hydrogen) atoms. The molecule has 3 fully saturated rings. The molecule has 5 rings (SSSR count). The number of ether oxygens (including phenoxy) is 4. The van der Waals surface area contributed by atoms with Crippen LogP contribution in [0.3, 0.4) is 0 Å². The Kier molecular flexibility index (Phi) is 7.95. The molecule has 1 heterocycles. The van der Waals surface area contributed by atoms with E-state index in [4.69, 9.17) is 23.5 Å². The zero-order chi connectivity index (χ0) is 31.7. The predicted octanol–water partition coefficient (Wildman–Crippen LogP) is 3.74. The molecule has 0 spiro atoms. The molecule has 234 valence electrons. The monoisotopic (exact) mass is 616 g/mol. The summed E-state index contributed by atoms with van der Waals surface area (Å²) in [5.41, 5.74) is -4.56. The van der Waals surface area contributed by atoms with Crippen LogP contribution in [0.25, 0.3) is 0 Å². The van der Waals surface area contributed by atoms with E-state index in [1.807, 2.05) is 13.8 Å². The van der Waals surface area contributed by atoms with Crippen molar-refractivity contribution in [2.24, 2.45) is 22.7 Å². The van der Waals surface area contributed by atoms with Crippen molar-refractivity contribution in [1.29, 1.82) is 0 Å². The van der Waals surface area contributed by atoms with Gasteiger partial charge in [0.2, 0.25) is 0 Å². The molecular formula is C32H41O10P. The first-order valence-electron chi connectivity index (χ1n) is 14.6. The fourth-order valence-electron chi connectivity index (χ4n) is 8.34. The van der Waals surface area contributed by atoms with Gasteiger partial charge in [-0.05, 0) is 43.9 Å². The van der Waals surface area contributed by atoms with E-state index in [9.17, 15) is 19.5 Å². The highest BCUT2D eigenvalue weighted by Gasteiger charge is 2.78. The topological polar surface area (TPSA) is 135 Å². The van der Waals surface area contributed by atoms with Gasteiger partial charge in [0.05, 0.1) is 29.6 Å². The molecule has 1 aromatic carbocycles. The van der Waals surface area contributed by atoms with Crippen molar-refractivity contribution >= 4 is 33.2 Å². The second kappa shape index (κ2) is 10.8. The number of rotatable bonds is 5. The van der Waals surface area contributed by atoms with Crippen molar-refractivity contribution in [3.05, 3.63) is 47.0 Å². The summed E-state index contributed by atoms with van der Waals surface area (Å²) < 4.78 is 30.1. The van der Waals surface area contributed by atoms with Crippen LogP contribution in [0.5, 0.6) is 0 Å². The summed E-state index contributed by atoms with van der Waals surface area (Å²) in [4.78, 5) is 54.2. The smallest absolute Gasteiger partial charge is 0.338 e. The molecule has 10 nitrogen and oxygen atoms in total. The van der Waals surface area contributed by atoms with E-state index in [1.165, 1.54) is 13.8 Å². The normalized spacial score (nSPS) is 39.7. The highest BCUT2D eigenvalue weighted by molar-refractivity contribution is 7.09. The Morgan fingerprint density at radius 1 is 1.05 bits per heavy atom. The first-order valence-corrected chi connectivity index (χ1v) is 15.1. The van der Waals surface area contributed by atoms with Gasteiger partial charge in [0, 0.05) is 35.2 Å². The zero-order valence-electron chi connectivity index (χ0n) is 25.7. The molecule has 11 heteroatoms. The van der Waals surface area contributed by atoms with Crippen molar-refractivity contribution < 1.29 is 47.8 Å². The lowest BCUT2D eigenvalue weighted by Gasteiger charge is -2.67. The first-order chi connectivity index (χ1) is 20.1. The number of hydrogen-bond acceptors (Lipinski definition) is 10. The number of allylic oxidation sites excluding steroid dienone is 1. The minimum atomic E-state index is -1.81. The minimum absolute atomic E-state index is 0.0836. The van der Waals surface area contributed by atoms with Crippen molar-refractivity contribution in [3.63, 3.8) is 0 Å². The van der Waals surface area contributed by atoms with E-state index in [0.717, 1.165) is 5.57 Å². The molecule has 2 saturated carbocycles. The number of benzene rings is 1. The number of fused-ring (bicyclic) bond motifs is 5. The van der Waals surface area contributed by atoms with Crippen LogP contribution >= 0.6 is 9.47 Å². The average molecular weight is 617 g/mol. The Labute approximate surface area is 254 Å². The first kappa shape index (κ1) is 31.8. The van der Waals surface area contributed by atoms with E-state index in [1.54, 1.807) is 51.1 Å². The second-order valence-corrected chi connectivity index (χ2v) is 13.5. The maximum atomic E-state index is 15.1. The standard InChI is InChI=1S/C32H41O10P/c1-16-14-32(37)27(40-28(36)20-11-9-8-10-12-20)25-30(7,21(42-43)13-22-31(25,15-38-22)41-19(4)34)26(35)24(39-18(3)33)23(17(16)2)29(32,5)6/h8-12,16,21-22,24-25,27,37H,13-15,43H2,1-7H3/t16-,21-,22+,24+,25?,27-,30+,31-,32+/m0/s1. The third-order valence-corrected chi connectivity index (χ3v) is 11.0. The van der Waals surface area contributed by atoms with Gasteiger partial charge in [-0.2, -0.15) is 0 Å². The van der Waals surface area contributed by atoms with Gasteiger partial charge in [0.25, 0.3) is 0 Å². The molecule has 0 radical (unpaired) electrons. The molecule has 1 N–H and O–H groups in total. The van der Waals surface area contributed by atoms with Gasteiger partial charge in [0.15, 0.2) is 17.5 Å². The number of carbonyl (C=O) groups is 4. The van der Waals surface area contributed by atoms with Crippen LogP contribution in [0.15, 0.2) is 41.5 Å². The van der Waals surface area contributed by atoms with Crippen molar-refractivity contribution in [2.45, 2.75) is 96.9 Å². The summed E-state index contributed by atoms with van der Waals surface area (Å²) in [5.74, 6) is -3.89. The van der Waals surface area contributed by atoms with Gasteiger partial charge in [-0.3, -0.25) is 14.4 Å². The summed E-state index contributed by atoms with van der Waals surface area (Å²) in [5, 5.41) is 13.1. The number of carbonyl (C=O) groups excluding carboxylic acids is 4. The summed E-state index contributed by atoms with van der Waals surface area (Å²) in [6.45, 7) is 11.4. The Bertz CT molecular complexity index is 1370. The van der Waals surface area contributed by atoms with E-state index in [2.05, 4.69) is 9.47 Å². The zero-order valence-corrected chi connectivity index (χ0v) is 26.8. The predicted molar refractivity (Wildman–Crippen MR) is 156 cm³/mol. The number of esters is 3. The summed E-state index contributed by atoms with van der Waals surface area (Å²) in [6.07, 6.45) is -3.98. The van der Waals surface area contributed by atoms with Gasteiger partial charge in [-0.25, -0.2) is 4.79 Å².